The van der Waals surface area contributed by atoms with Crippen molar-refractivity contribution in [2.24, 2.45) is 0 Å². The van der Waals surface area contributed by atoms with Crippen LogP contribution >= 0.6 is 0 Å². The molecule has 5 nitrogen and oxygen atoms in total. The summed E-state index contributed by atoms with van der Waals surface area (Å²) in [6.45, 7) is 9.28. The molecule has 0 aromatic carbocycles. The first kappa shape index (κ1) is 16.0. The number of hydrogen-bond donors (Lipinski definition) is 3. The van der Waals surface area contributed by atoms with Crippen molar-refractivity contribution in [3.05, 3.63) is 11.9 Å². The lowest BCUT2D eigenvalue weighted by molar-refractivity contribution is 0.126. The lowest BCUT2D eigenvalue weighted by Gasteiger charge is -2.27. The van der Waals surface area contributed by atoms with Gasteiger partial charge in [-0.05, 0) is 32.6 Å². The smallest absolute Gasteiger partial charge is 0.138 e. The molecule has 1 heterocycles. The number of nitrogens with zero attached hydrogens (tertiary/aromatic N) is 2. The monoisotopic (exact) mass is 292 g/mol. The Labute approximate surface area is 127 Å². The zero-order valence-corrected chi connectivity index (χ0v) is 13.6. The molecule has 0 aliphatic heterocycles. The zero-order valence-electron chi connectivity index (χ0n) is 13.6. The second-order valence-corrected chi connectivity index (χ2v) is 6.89. The highest BCUT2D eigenvalue weighted by atomic mass is 16.3. The molecule has 0 atom stereocenters. The van der Waals surface area contributed by atoms with Gasteiger partial charge in [0, 0.05) is 24.1 Å². The van der Waals surface area contributed by atoms with E-state index in [1.807, 2.05) is 6.07 Å². The molecule has 1 aliphatic carbocycles. The van der Waals surface area contributed by atoms with Gasteiger partial charge in [-0.3, -0.25) is 0 Å². The average molecular weight is 292 g/mol. The van der Waals surface area contributed by atoms with E-state index in [9.17, 15) is 5.11 Å². The number of anilines is 2. The van der Waals surface area contributed by atoms with Gasteiger partial charge in [0.15, 0.2) is 0 Å². The van der Waals surface area contributed by atoms with Gasteiger partial charge in [0.25, 0.3) is 0 Å². The summed E-state index contributed by atoms with van der Waals surface area (Å²) < 4.78 is 0. The molecule has 1 fully saturated rings. The van der Waals surface area contributed by atoms with E-state index < -0.39 is 0 Å². The number of rotatable bonds is 4. The van der Waals surface area contributed by atoms with Gasteiger partial charge in [0.2, 0.25) is 0 Å². The second-order valence-electron chi connectivity index (χ2n) is 6.89. The van der Waals surface area contributed by atoms with Crippen LogP contribution in [-0.2, 0) is 5.41 Å². The summed E-state index contributed by atoms with van der Waals surface area (Å²) in [4.78, 5) is 9.27. The summed E-state index contributed by atoms with van der Waals surface area (Å²) in [5, 5.41) is 16.4. The highest BCUT2D eigenvalue weighted by molar-refractivity contribution is 5.48. The van der Waals surface area contributed by atoms with Gasteiger partial charge < -0.3 is 15.7 Å². The van der Waals surface area contributed by atoms with Crippen LogP contribution in [0, 0.1) is 0 Å². The van der Waals surface area contributed by atoms with Crippen molar-refractivity contribution in [3.8, 4) is 0 Å². The maximum atomic E-state index is 9.59. The first-order chi connectivity index (χ1) is 9.88. The lowest BCUT2D eigenvalue weighted by Crippen LogP contribution is -2.29. The Morgan fingerprint density at radius 3 is 2.33 bits per heavy atom. The predicted octanol–water partition coefficient (Wildman–Crippen LogP) is 2.92. The van der Waals surface area contributed by atoms with Gasteiger partial charge in [-0.1, -0.05) is 20.8 Å². The van der Waals surface area contributed by atoms with Gasteiger partial charge in [0.1, 0.15) is 17.5 Å². The van der Waals surface area contributed by atoms with Crippen molar-refractivity contribution in [3.63, 3.8) is 0 Å². The topological polar surface area (TPSA) is 70.1 Å². The summed E-state index contributed by atoms with van der Waals surface area (Å²) in [6.07, 6.45) is 3.60. The van der Waals surface area contributed by atoms with Gasteiger partial charge in [-0.15, -0.1) is 0 Å². The highest BCUT2D eigenvalue weighted by Crippen LogP contribution is 2.25. The number of aromatic nitrogens is 2. The number of nitrogens with one attached hydrogen (secondary N) is 2. The molecule has 0 bridgehead atoms. The van der Waals surface area contributed by atoms with E-state index in [2.05, 4.69) is 48.3 Å². The second kappa shape index (κ2) is 6.60. The Bertz CT molecular complexity index is 462. The van der Waals surface area contributed by atoms with Crippen molar-refractivity contribution in [1.82, 2.24) is 9.97 Å². The highest BCUT2D eigenvalue weighted by Gasteiger charge is 2.22. The quantitative estimate of drug-likeness (QED) is 0.796. The van der Waals surface area contributed by atoms with E-state index in [0.29, 0.717) is 6.04 Å². The van der Waals surface area contributed by atoms with E-state index in [1.165, 1.54) is 0 Å². The van der Waals surface area contributed by atoms with Crippen molar-refractivity contribution in [1.29, 1.82) is 0 Å². The van der Waals surface area contributed by atoms with Crippen LogP contribution in [0.15, 0.2) is 6.07 Å². The predicted molar refractivity (Wildman–Crippen MR) is 86.8 cm³/mol. The molecule has 1 aromatic heterocycles. The van der Waals surface area contributed by atoms with Crippen LogP contribution in [0.4, 0.5) is 11.6 Å². The summed E-state index contributed by atoms with van der Waals surface area (Å²) >= 11 is 0. The molecule has 0 unspecified atom stereocenters. The average Bonchev–Trinajstić information content (AvgIpc) is 2.41. The molecule has 2 rings (SSSR count). The largest absolute Gasteiger partial charge is 0.393 e. The van der Waals surface area contributed by atoms with Crippen LogP contribution in [-0.4, -0.2) is 33.8 Å². The van der Waals surface area contributed by atoms with Crippen molar-refractivity contribution < 1.29 is 5.11 Å². The fourth-order valence-corrected chi connectivity index (χ4v) is 2.56. The molecule has 0 amide bonds. The standard InChI is InChI=1S/C16H28N4O/c1-5-17-13-10-14(20-15(19-13)16(2,3)4)18-11-6-8-12(21)9-7-11/h10-12,21H,5-9H2,1-4H3,(H2,17,18,19,20). The van der Waals surface area contributed by atoms with E-state index in [-0.39, 0.29) is 11.5 Å². The zero-order chi connectivity index (χ0) is 15.5. The molecule has 1 aromatic rings. The van der Waals surface area contributed by atoms with Crippen LogP contribution in [0.2, 0.25) is 0 Å². The van der Waals surface area contributed by atoms with Gasteiger partial charge in [0.05, 0.1) is 6.10 Å². The minimum absolute atomic E-state index is 0.0787. The van der Waals surface area contributed by atoms with E-state index in [1.54, 1.807) is 0 Å². The number of hydrogen-bond acceptors (Lipinski definition) is 5. The van der Waals surface area contributed by atoms with Crippen LogP contribution in [0.1, 0.15) is 59.2 Å². The molecule has 5 heteroatoms. The summed E-state index contributed by atoms with van der Waals surface area (Å²) in [6, 6.07) is 2.37. The Morgan fingerprint density at radius 2 is 1.76 bits per heavy atom. The van der Waals surface area contributed by atoms with Crippen molar-refractivity contribution in [2.45, 2.75) is 70.9 Å². The van der Waals surface area contributed by atoms with Crippen LogP contribution in [0.3, 0.4) is 0 Å². The third-order valence-electron chi connectivity index (χ3n) is 3.80. The third kappa shape index (κ3) is 4.56. The van der Waals surface area contributed by atoms with Crippen LogP contribution < -0.4 is 10.6 Å². The summed E-state index contributed by atoms with van der Waals surface area (Å²) in [5.41, 5.74) is -0.0787. The fourth-order valence-electron chi connectivity index (χ4n) is 2.56. The fraction of sp³-hybridized carbons (Fsp3) is 0.750. The number of aliphatic hydroxyl groups excluding tert-OH is 1. The van der Waals surface area contributed by atoms with Gasteiger partial charge >= 0.3 is 0 Å². The minimum atomic E-state index is -0.129. The van der Waals surface area contributed by atoms with Gasteiger partial charge in [-0.25, -0.2) is 9.97 Å². The Morgan fingerprint density at radius 1 is 1.14 bits per heavy atom. The van der Waals surface area contributed by atoms with Crippen LogP contribution in [0.5, 0.6) is 0 Å². The first-order valence-electron chi connectivity index (χ1n) is 7.96. The minimum Gasteiger partial charge on any atom is -0.393 e. The SMILES string of the molecule is CCNc1cc(NC2CCC(O)CC2)nc(C(C)(C)C)n1. The Balaban J connectivity index is 2.15. The lowest BCUT2D eigenvalue weighted by atomic mass is 9.93. The molecular formula is C16H28N4O. The first-order valence-corrected chi connectivity index (χ1v) is 7.96. The molecule has 21 heavy (non-hydrogen) atoms. The molecule has 0 saturated heterocycles. The van der Waals surface area contributed by atoms with Gasteiger partial charge in [-0.2, -0.15) is 0 Å². The van der Waals surface area contributed by atoms with E-state index in [4.69, 9.17) is 0 Å². The molecule has 3 N–H and O–H groups in total. The molecule has 1 saturated carbocycles. The maximum Gasteiger partial charge on any atom is 0.138 e. The summed E-state index contributed by atoms with van der Waals surface area (Å²) in [5.74, 6) is 2.60. The van der Waals surface area contributed by atoms with Crippen molar-refractivity contribution >= 4 is 11.6 Å². The molecule has 1 aliphatic rings. The van der Waals surface area contributed by atoms with Crippen molar-refractivity contribution in [2.75, 3.05) is 17.2 Å². The molecule has 0 spiro atoms. The maximum absolute atomic E-state index is 9.59. The Kier molecular flexibility index (Phi) is 5.04. The van der Waals surface area contributed by atoms with E-state index >= 15 is 0 Å². The third-order valence-corrected chi connectivity index (χ3v) is 3.80. The summed E-state index contributed by atoms with van der Waals surface area (Å²) in [7, 11) is 0. The Hall–Kier alpha value is -1.36. The normalized spacial score (nSPS) is 22.9. The molecular weight excluding hydrogens is 264 g/mol. The molecule has 118 valence electrons. The van der Waals surface area contributed by atoms with Crippen LogP contribution in [0.25, 0.3) is 0 Å². The molecule has 0 radical (unpaired) electrons. The van der Waals surface area contributed by atoms with E-state index in [0.717, 1.165) is 49.7 Å². The number of aliphatic hydroxyl groups is 1.